The molecule has 0 saturated carbocycles. The highest BCUT2D eigenvalue weighted by Crippen LogP contribution is 2.12. The zero-order chi connectivity index (χ0) is 9.68. The van der Waals surface area contributed by atoms with Crippen molar-refractivity contribution in [1.29, 1.82) is 10.5 Å². The summed E-state index contributed by atoms with van der Waals surface area (Å²) in [5.74, 6) is 0. The van der Waals surface area contributed by atoms with Crippen LogP contribution in [0.1, 0.15) is 30.0 Å². The van der Waals surface area contributed by atoms with Crippen LogP contribution in [0, 0.1) is 22.7 Å². The molecule has 2 nitrogen and oxygen atoms in total. The molecule has 0 saturated heterocycles. The van der Waals surface area contributed by atoms with E-state index in [-0.39, 0.29) is 0 Å². The highest BCUT2D eigenvalue weighted by atomic mass is 14.3. The van der Waals surface area contributed by atoms with Crippen molar-refractivity contribution in [3.05, 3.63) is 34.9 Å². The summed E-state index contributed by atoms with van der Waals surface area (Å²) in [6.45, 7) is 2.07. The lowest BCUT2D eigenvalue weighted by atomic mass is 10.0. The Morgan fingerprint density at radius 2 is 2.00 bits per heavy atom. The van der Waals surface area contributed by atoms with E-state index < -0.39 is 0 Å². The summed E-state index contributed by atoms with van der Waals surface area (Å²) in [6.07, 6.45) is 1.91. The van der Waals surface area contributed by atoms with Gasteiger partial charge in [0, 0.05) is 0 Å². The van der Waals surface area contributed by atoms with Gasteiger partial charge in [0.25, 0.3) is 0 Å². The Bertz CT molecular complexity index is 380. The number of benzene rings is 1. The van der Waals surface area contributed by atoms with Crippen molar-refractivity contribution in [3.63, 3.8) is 0 Å². The molecule has 1 rings (SSSR count). The minimum atomic E-state index is 0.552. The van der Waals surface area contributed by atoms with Gasteiger partial charge in [0.2, 0.25) is 0 Å². The largest absolute Gasteiger partial charge is 0.192 e. The Morgan fingerprint density at radius 1 is 1.23 bits per heavy atom. The average molecular weight is 170 g/mol. The van der Waals surface area contributed by atoms with Crippen LogP contribution in [0.25, 0.3) is 0 Å². The number of aryl methyl sites for hydroxylation is 1. The third-order valence-electron chi connectivity index (χ3n) is 1.88. The van der Waals surface area contributed by atoms with Gasteiger partial charge in [-0.25, -0.2) is 0 Å². The fourth-order valence-corrected chi connectivity index (χ4v) is 1.24. The van der Waals surface area contributed by atoms with E-state index in [2.05, 4.69) is 13.0 Å². The molecule has 0 unspecified atom stereocenters. The molecule has 0 amide bonds. The van der Waals surface area contributed by atoms with Crippen molar-refractivity contribution < 1.29 is 0 Å². The van der Waals surface area contributed by atoms with Gasteiger partial charge in [-0.2, -0.15) is 10.5 Å². The quantitative estimate of drug-likeness (QED) is 0.684. The highest BCUT2D eigenvalue weighted by molar-refractivity contribution is 5.44. The molecule has 0 radical (unpaired) electrons. The molecule has 0 aliphatic carbocycles. The van der Waals surface area contributed by atoms with Crippen LogP contribution < -0.4 is 0 Å². The van der Waals surface area contributed by atoms with Gasteiger partial charge in [-0.15, -0.1) is 0 Å². The van der Waals surface area contributed by atoms with Gasteiger partial charge < -0.3 is 0 Å². The van der Waals surface area contributed by atoms with E-state index >= 15 is 0 Å². The van der Waals surface area contributed by atoms with Gasteiger partial charge in [0.05, 0.1) is 23.3 Å². The van der Waals surface area contributed by atoms with Crippen molar-refractivity contribution in [1.82, 2.24) is 0 Å². The first-order valence-electron chi connectivity index (χ1n) is 4.25. The summed E-state index contributed by atoms with van der Waals surface area (Å²) in [5, 5.41) is 17.4. The van der Waals surface area contributed by atoms with E-state index in [0.717, 1.165) is 18.4 Å². The van der Waals surface area contributed by atoms with Crippen LogP contribution >= 0.6 is 0 Å². The molecule has 0 spiro atoms. The lowest BCUT2D eigenvalue weighted by Crippen LogP contribution is -1.90. The van der Waals surface area contributed by atoms with Crippen molar-refractivity contribution in [2.24, 2.45) is 0 Å². The molecule has 0 fully saturated rings. The van der Waals surface area contributed by atoms with Crippen molar-refractivity contribution in [3.8, 4) is 12.1 Å². The zero-order valence-electron chi connectivity index (χ0n) is 7.54. The van der Waals surface area contributed by atoms with E-state index in [1.54, 1.807) is 12.1 Å². The molecule has 0 aliphatic heterocycles. The first-order chi connectivity index (χ1) is 6.31. The van der Waals surface area contributed by atoms with Crippen molar-refractivity contribution in [2.45, 2.75) is 19.8 Å². The third-order valence-corrected chi connectivity index (χ3v) is 1.88. The molecule has 0 aromatic heterocycles. The topological polar surface area (TPSA) is 47.6 Å². The molecule has 13 heavy (non-hydrogen) atoms. The predicted molar refractivity (Wildman–Crippen MR) is 49.9 cm³/mol. The Balaban J connectivity index is 3.12. The summed E-state index contributed by atoms with van der Waals surface area (Å²) < 4.78 is 0. The van der Waals surface area contributed by atoms with Gasteiger partial charge in [0.15, 0.2) is 0 Å². The molecule has 0 bridgehead atoms. The molecule has 0 N–H and O–H groups in total. The molecule has 0 heterocycles. The maximum Gasteiger partial charge on any atom is 0.0994 e. The Hall–Kier alpha value is -1.80. The summed E-state index contributed by atoms with van der Waals surface area (Å²) in [5.41, 5.74) is 2.21. The third kappa shape index (κ3) is 2.07. The Labute approximate surface area is 78.0 Å². The Morgan fingerprint density at radius 3 is 2.54 bits per heavy atom. The molecule has 1 aromatic rings. The molecular formula is C11H10N2. The van der Waals surface area contributed by atoms with Gasteiger partial charge >= 0.3 is 0 Å². The van der Waals surface area contributed by atoms with E-state index in [4.69, 9.17) is 10.5 Å². The number of nitrogens with zero attached hydrogens (tertiary/aromatic N) is 2. The fourth-order valence-electron chi connectivity index (χ4n) is 1.24. The monoisotopic (exact) mass is 170 g/mol. The maximum atomic E-state index is 8.81. The van der Waals surface area contributed by atoms with Gasteiger partial charge in [0.1, 0.15) is 0 Å². The van der Waals surface area contributed by atoms with Crippen molar-refractivity contribution in [2.75, 3.05) is 0 Å². The van der Waals surface area contributed by atoms with Gasteiger partial charge in [-0.05, 0) is 24.1 Å². The van der Waals surface area contributed by atoms with Crippen LogP contribution in [0.15, 0.2) is 18.2 Å². The standard InChI is InChI=1S/C11H10N2/c1-2-3-10-5-4-9(7-12)6-11(10)8-13/h4-6H,2-3H2,1H3. The van der Waals surface area contributed by atoms with Crippen LogP contribution in [-0.2, 0) is 6.42 Å². The smallest absolute Gasteiger partial charge is 0.0994 e. The minimum Gasteiger partial charge on any atom is -0.192 e. The fraction of sp³-hybridized carbons (Fsp3) is 0.273. The van der Waals surface area contributed by atoms with E-state index in [9.17, 15) is 0 Å². The number of nitriles is 2. The molecule has 64 valence electrons. The second kappa shape index (κ2) is 4.28. The predicted octanol–water partition coefficient (Wildman–Crippen LogP) is 2.38. The lowest BCUT2D eigenvalue weighted by molar-refractivity contribution is 0.918. The maximum absolute atomic E-state index is 8.81. The van der Waals surface area contributed by atoms with Crippen LogP contribution in [0.5, 0.6) is 0 Å². The first-order valence-corrected chi connectivity index (χ1v) is 4.25. The number of rotatable bonds is 2. The van der Waals surface area contributed by atoms with Crippen LogP contribution in [0.2, 0.25) is 0 Å². The number of hydrogen-bond acceptors (Lipinski definition) is 2. The average Bonchev–Trinajstić information content (AvgIpc) is 2.19. The van der Waals surface area contributed by atoms with E-state index in [1.807, 2.05) is 12.1 Å². The summed E-state index contributed by atoms with van der Waals surface area (Å²) in [7, 11) is 0. The molecular weight excluding hydrogens is 160 g/mol. The molecule has 0 aliphatic rings. The second-order valence-electron chi connectivity index (χ2n) is 2.85. The van der Waals surface area contributed by atoms with Crippen molar-refractivity contribution >= 4 is 0 Å². The minimum absolute atomic E-state index is 0.552. The summed E-state index contributed by atoms with van der Waals surface area (Å²) in [4.78, 5) is 0. The second-order valence-corrected chi connectivity index (χ2v) is 2.85. The van der Waals surface area contributed by atoms with Crippen LogP contribution in [0.4, 0.5) is 0 Å². The SMILES string of the molecule is CCCc1ccc(C#N)cc1C#N. The molecule has 1 aromatic carbocycles. The van der Waals surface area contributed by atoms with Crippen LogP contribution in [0.3, 0.4) is 0 Å². The normalized spacial score (nSPS) is 8.85. The van der Waals surface area contributed by atoms with Crippen LogP contribution in [-0.4, -0.2) is 0 Å². The first kappa shape index (κ1) is 9.29. The van der Waals surface area contributed by atoms with Gasteiger partial charge in [-0.3, -0.25) is 0 Å². The molecule has 0 atom stereocenters. The Kier molecular flexibility index (Phi) is 3.06. The lowest BCUT2D eigenvalue weighted by Gasteiger charge is -2.00. The number of hydrogen-bond donors (Lipinski definition) is 0. The van der Waals surface area contributed by atoms with Gasteiger partial charge in [-0.1, -0.05) is 19.4 Å². The summed E-state index contributed by atoms with van der Waals surface area (Å²) in [6, 6.07) is 9.39. The highest BCUT2D eigenvalue weighted by Gasteiger charge is 2.01. The zero-order valence-corrected chi connectivity index (χ0v) is 7.54. The van der Waals surface area contributed by atoms with E-state index in [0.29, 0.717) is 11.1 Å². The molecule has 2 heteroatoms. The van der Waals surface area contributed by atoms with E-state index in [1.165, 1.54) is 0 Å². The summed E-state index contributed by atoms with van der Waals surface area (Å²) >= 11 is 0.